The van der Waals surface area contributed by atoms with E-state index in [9.17, 15) is 10.1 Å². The first kappa shape index (κ1) is 15.6. The Balaban J connectivity index is 2.26. The van der Waals surface area contributed by atoms with E-state index in [1.807, 2.05) is 30.3 Å². The van der Waals surface area contributed by atoms with Crippen LogP contribution in [0.4, 0.5) is 0 Å². The number of rotatable bonds is 5. The molecule has 0 fully saturated rings. The second-order valence-corrected chi connectivity index (χ2v) is 4.89. The van der Waals surface area contributed by atoms with Crippen molar-refractivity contribution in [1.29, 1.82) is 5.26 Å². The highest BCUT2D eigenvalue weighted by molar-refractivity contribution is 6.32. The summed E-state index contributed by atoms with van der Waals surface area (Å²) in [6.45, 7) is -0.234. The smallest absolute Gasteiger partial charge is 0.255 e. The Morgan fingerprint density at radius 2 is 2.00 bits per heavy atom. The zero-order chi connectivity index (χ0) is 15.9. The number of carbonyl (C=O) groups is 1. The van der Waals surface area contributed by atoms with Gasteiger partial charge in [-0.05, 0) is 29.3 Å². The molecule has 22 heavy (non-hydrogen) atoms. The van der Waals surface area contributed by atoms with Gasteiger partial charge in [-0.1, -0.05) is 48.0 Å². The summed E-state index contributed by atoms with van der Waals surface area (Å²) >= 11 is 6.10. The molecule has 0 saturated carbocycles. The predicted molar refractivity (Wildman–Crippen MR) is 86.1 cm³/mol. The number of hydrogen-bond acceptors (Lipinski definition) is 3. The maximum absolute atomic E-state index is 10.7. The van der Waals surface area contributed by atoms with Crippen LogP contribution in [0.1, 0.15) is 11.1 Å². The largest absolute Gasteiger partial charge is 0.482 e. The van der Waals surface area contributed by atoms with Crippen molar-refractivity contribution in [2.45, 2.75) is 0 Å². The summed E-state index contributed by atoms with van der Waals surface area (Å²) in [7, 11) is 0. The maximum atomic E-state index is 10.7. The van der Waals surface area contributed by atoms with Crippen molar-refractivity contribution >= 4 is 29.2 Å². The molecular formula is C17H13ClN2O2. The normalized spacial score (nSPS) is 10.8. The first-order valence-electron chi connectivity index (χ1n) is 6.48. The molecule has 5 heteroatoms. The molecule has 2 aromatic carbocycles. The van der Waals surface area contributed by atoms with Gasteiger partial charge in [-0.15, -0.1) is 0 Å². The van der Waals surface area contributed by atoms with E-state index < -0.39 is 5.91 Å². The van der Waals surface area contributed by atoms with Gasteiger partial charge in [0.2, 0.25) is 0 Å². The van der Waals surface area contributed by atoms with Crippen LogP contribution in [0.5, 0.6) is 5.75 Å². The Labute approximate surface area is 133 Å². The number of benzene rings is 2. The van der Waals surface area contributed by atoms with E-state index in [1.54, 1.807) is 24.3 Å². The van der Waals surface area contributed by atoms with Crippen LogP contribution in [0.2, 0.25) is 5.02 Å². The van der Waals surface area contributed by atoms with Crippen LogP contribution in [0.25, 0.3) is 11.6 Å². The van der Waals surface area contributed by atoms with Gasteiger partial charge in [-0.3, -0.25) is 4.79 Å². The molecule has 0 unspecified atom stereocenters. The minimum Gasteiger partial charge on any atom is -0.482 e. The standard InChI is InChI=1S/C17H13ClN2O2/c18-15-9-12(6-7-16(15)22-11-17(20)21)8-14(10-19)13-4-2-1-3-5-13/h1-9H,11H2,(H2,20,21). The lowest BCUT2D eigenvalue weighted by molar-refractivity contribution is -0.119. The van der Waals surface area contributed by atoms with Crippen LogP contribution < -0.4 is 10.5 Å². The van der Waals surface area contributed by atoms with Crippen molar-refractivity contribution in [3.05, 3.63) is 64.7 Å². The van der Waals surface area contributed by atoms with Gasteiger partial charge < -0.3 is 10.5 Å². The highest BCUT2D eigenvalue weighted by Gasteiger charge is 2.05. The predicted octanol–water partition coefficient (Wildman–Crippen LogP) is 3.27. The van der Waals surface area contributed by atoms with E-state index in [2.05, 4.69) is 6.07 Å². The van der Waals surface area contributed by atoms with Gasteiger partial charge in [0, 0.05) is 0 Å². The van der Waals surface area contributed by atoms with Crippen LogP contribution in [-0.4, -0.2) is 12.5 Å². The third-order valence-corrected chi connectivity index (χ3v) is 3.14. The van der Waals surface area contributed by atoms with Crippen molar-refractivity contribution in [2.24, 2.45) is 5.73 Å². The molecule has 2 N–H and O–H groups in total. The quantitative estimate of drug-likeness (QED) is 0.680. The molecule has 4 nitrogen and oxygen atoms in total. The van der Waals surface area contributed by atoms with E-state index in [0.717, 1.165) is 11.1 Å². The number of carbonyl (C=O) groups excluding carboxylic acids is 1. The molecular weight excluding hydrogens is 300 g/mol. The molecule has 0 atom stereocenters. The third kappa shape index (κ3) is 4.11. The molecule has 0 heterocycles. The van der Waals surface area contributed by atoms with Crippen molar-refractivity contribution in [3.63, 3.8) is 0 Å². The Hall–Kier alpha value is -2.77. The molecule has 110 valence electrons. The van der Waals surface area contributed by atoms with Crippen molar-refractivity contribution in [3.8, 4) is 11.8 Å². The number of amides is 1. The Morgan fingerprint density at radius 1 is 1.27 bits per heavy atom. The number of hydrogen-bond donors (Lipinski definition) is 1. The fourth-order valence-electron chi connectivity index (χ4n) is 1.84. The van der Waals surface area contributed by atoms with Gasteiger partial charge >= 0.3 is 0 Å². The van der Waals surface area contributed by atoms with Gasteiger partial charge in [-0.25, -0.2) is 0 Å². The molecule has 0 aromatic heterocycles. The number of ether oxygens (including phenoxy) is 1. The molecule has 2 aromatic rings. The van der Waals surface area contributed by atoms with Crippen molar-refractivity contribution in [2.75, 3.05) is 6.61 Å². The van der Waals surface area contributed by atoms with Gasteiger partial charge in [-0.2, -0.15) is 5.26 Å². The van der Waals surface area contributed by atoms with Crippen LogP contribution in [0.3, 0.4) is 0 Å². The second-order valence-electron chi connectivity index (χ2n) is 4.48. The molecule has 0 spiro atoms. The fraction of sp³-hybridized carbons (Fsp3) is 0.0588. The number of primary amides is 1. The molecule has 0 saturated heterocycles. The highest BCUT2D eigenvalue weighted by atomic mass is 35.5. The summed E-state index contributed by atoms with van der Waals surface area (Å²) in [5, 5.41) is 9.63. The van der Waals surface area contributed by atoms with Gasteiger partial charge in [0.25, 0.3) is 5.91 Å². The topological polar surface area (TPSA) is 76.1 Å². The molecule has 0 bridgehead atoms. The lowest BCUT2D eigenvalue weighted by atomic mass is 10.0. The monoisotopic (exact) mass is 312 g/mol. The number of nitriles is 1. The maximum Gasteiger partial charge on any atom is 0.255 e. The zero-order valence-corrected chi connectivity index (χ0v) is 12.4. The summed E-state index contributed by atoms with van der Waals surface area (Å²) in [6, 6.07) is 16.6. The molecule has 0 radical (unpaired) electrons. The molecule has 2 rings (SSSR count). The summed E-state index contributed by atoms with van der Waals surface area (Å²) in [4.78, 5) is 10.7. The van der Waals surface area contributed by atoms with Gasteiger partial charge in [0.15, 0.2) is 6.61 Å². The number of nitrogens with zero attached hydrogens (tertiary/aromatic N) is 1. The molecule has 0 aliphatic carbocycles. The number of halogens is 1. The average Bonchev–Trinajstić information content (AvgIpc) is 2.52. The molecule has 1 amide bonds. The van der Waals surface area contributed by atoms with Crippen LogP contribution >= 0.6 is 11.6 Å². The zero-order valence-electron chi connectivity index (χ0n) is 11.6. The average molecular weight is 313 g/mol. The molecule has 0 aliphatic rings. The summed E-state index contributed by atoms with van der Waals surface area (Å²) in [6.07, 6.45) is 1.74. The summed E-state index contributed by atoms with van der Waals surface area (Å²) in [5.74, 6) is -0.202. The van der Waals surface area contributed by atoms with Gasteiger partial charge in [0.05, 0.1) is 16.7 Å². The fourth-order valence-corrected chi connectivity index (χ4v) is 2.08. The number of allylic oxidation sites excluding steroid dienone is 1. The minimum absolute atomic E-state index is 0.234. The first-order chi connectivity index (χ1) is 10.6. The van der Waals surface area contributed by atoms with Crippen LogP contribution in [0, 0.1) is 11.3 Å². The molecule has 0 aliphatic heterocycles. The highest BCUT2D eigenvalue weighted by Crippen LogP contribution is 2.27. The third-order valence-electron chi connectivity index (χ3n) is 2.84. The summed E-state index contributed by atoms with van der Waals surface area (Å²) < 4.78 is 5.18. The van der Waals surface area contributed by atoms with Crippen LogP contribution in [0.15, 0.2) is 48.5 Å². The Kier molecular flexibility index (Phi) is 5.18. The van der Waals surface area contributed by atoms with E-state index >= 15 is 0 Å². The van der Waals surface area contributed by atoms with E-state index in [1.165, 1.54) is 0 Å². The van der Waals surface area contributed by atoms with E-state index in [4.69, 9.17) is 22.1 Å². The minimum atomic E-state index is -0.573. The summed E-state index contributed by atoms with van der Waals surface area (Å²) in [5.41, 5.74) is 7.14. The Bertz CT molecular complexity index is 749. The van der Waals surface area contributed by atoms with Crippen molar-refractivity contribution < 1.29 is 9.53 Å². The van der Waals surface area contributed by atoms with Crippen LogP contribution in [-0.2, 0) is 4.79 Å². The van der Waals surface area contributed by atoms with E-state index in [0.29, 0.717) is 16.3 Å². The number of nitrogens with two attached hydrogens (primary N) is 1. The lowest BCUT2D eigenvalue weighted by Gasteiger charge is -2.07. The Morgan fingerprint density at radius 3 is 2.59 bits per heavy atom. The first-order valence-corrected chi connectivity index (χ1v) is 6.86. The van der Waals surface area contributed by atoms with Gasteiger partial charge in [0.1, 0.15) is 5.75 Å². The van der Waals surface area contributed by atoms with E-state index in [-0.39, 0.29) is 6.61 Å². The second kappa shape index (κ2) is 7.30. The SMILES string of the molecule is N#CC(=Cc1ccc(OCC(N)=O)c(Cl)c1)c1ccccc1. The van der Waals surface area contributed by atoms with Crippen molar-refractivity contribution in [1.82, 2.24) is 0 Å². The lowest BCUT2D eigenvalue weighted by Crippen LogP contribution is -2.20.